The van der Waals surface area contributed by atoms with Gasteiger partial charge in [0.15, 0.2) is 15.9 Å². The lowest BCUT2D eigenvalue weighted by atomic mass is 10.3. The quantitative estimate of drug-likeness (QED) is 0.803. The first kappa shape index (κ1) is 15.5. The highest BCUT2D eigenvalue weighted by Crippen LogP contribution is 2.17. The Kier molecular flexibility index (Phi) is 5.31. The van der Waals surface area contributed by atoms with E-state index in [1.54, 1.807) is 13.0 Å². The first-order valence-electron chi connectivity index (χ1n) is 5.62. The van der Waals surface area contributed by atoms with Gasteiger partial charge in [0.1, 0.15) is 12.4 Å². The molecule has 1 N–H and O–H groups in total. The molecule has 0 heterocycles. The topological polar surface area (TPSA) is 89.9 Å². The van der Waals surface area contributed by atoms with Crippen molar-refractivity contribution in [1.29, 1.82) is 0 Å². The number of hydrogen-bond acceptors (Lipinski definition) is 5. The van der Waals surface area contributed by atoms with Crippen LogP contribution in [0.2, 0.25) is 0 Å². The van der Waals surface area contributed by atoms with Gasteiger partial charge in [-0.2, -0.15) is 0 Å². The molecule has 0 spiro atoms. The molecule has 1 unspecified atom stereocenters. The van der Waals surface area contributed by atoms with Gasteiger partial charge in [-0.15, -0.1) is 0 Å². The summed E-state index contributed by atoms with van der Waals surface area (Å²) in [6.07, 6.45) is 0.0127. The van der Waals surface area contributed by atoms with Crippen molar-refractivity contribution < 1.29 is 27.8 Å². The molecule has 0 aliphatic heterocycles. The monoisotopic (exact) mass is 288 g/mol. The van der Waals surface area contributed by atoms with Gasteiger partial charge >= 0.3 is 5.97 Å². The van der Waals surface area contributed by atoms with E-state index in [1.165, 1.54) is 18.2 Å². The smallest absolute Gasteiger partial charge is 0.336 e. The molecule has 1 aromatic rings. The summed E-state index contributed by atoms with van der Waals surface area (Å²) in [7, 11) is -3.32. The van der Waals surface area contributed by atoms with Crippen LogP contribution in [0, 0.1) is 0 Å². The van der Waals surface area contributed by atoms with E-state index in [2.05, 4.69) is 0 Å². The summed E-state index contributed by atoms with van der Waals surface area (Å²) < 4.78 is 32.9. The molecule has 0 amide bonds. The lowest BCUT2D eigenvalue weighted by Crippen LogP contribution is -2.30. The maximum atomic E-state index is 11.4. The molecule has 19 heavy (non-hydrogen) atoms. The fraction of sp³-hybridized carbons (Fsp3) is 0.417. The minimum Gasteiger partial charge on any atom is -0.490 e. The first-order chi connectivity index (χ1) is 8.84. The molecule has 0 aliphatic carbocycles. The molecule has 1 rings (SSSR count). The number of rotatable bonds is 7. The van der Waals surface area contributed by atoms with Crippen molar-refractivity contribution in [3.63, 3.8) is 0 Å². The van der Waals surface area contributed by atoms with Gasteiger partial charge < -0.3 is 14.6 Å². The van der Waals surface area contributed by atoms with Crippen LogP contribution in [0.1, 0.15) is 6.92 Å². The van der Waals surface area contributed by atoms with Gasteiger partial charge in [-0.1, -0.05) is 6.07 Å². The van der Waals surface area contributed by atoms with Crippen molar-refractivity contribution in [3.05, 3.63) is 24.3 Å². The molecular formula is C12H16O6S. The Morgan fingerprint density at radius 3 is 2.63 bits per heavy atom. The molecule has 0 bridgehead atoms. The Bertz CT molecular complexity index is 537. The predicted octanol–water partition coefficient (Wildman–Crippen LogP) is 0.959. The predicted molar refractivity (Wildman–Crippen MR) is 68.1 cm³/mol. The summed E-state index contributed by atoms with van der Waals surface area (Å²) in [4.78, 5) is 11.0. The first-order valence-corrected chi connectivity index (χ1v) is 7.51. The molecule has 0 saturated heterocycles. The van der Waals surface area contributed by atoms with Crippen molar-refractivity contribution in [1.82, 2.24) is 0 Å². The molecule has 1 atom stereocenters. The number of carbonyl (C=O) groups is 1. The molecule has 0 aromatic heterocycles. The van der Waals surface area contributed by atoms with Gasteiger partial charge in [-0.25, -0.2) is 13.2 Å². The van der Waals surface area contributed by atoms with E-state index in [0.29, 0.717) is 0 Å². The fourth-order valence-corrected chi connectivity index (χ4v) is 2.01. The second kappa shape index (κ2) is 6.53. The number of carboxylic acid groups (broad SMARTS) is 1. The zero-order valence-corrected chi connectivity index (χ0v) is 11.5. The highest BCUT2D eigenvalue weighted by Gasteiger charge is 2.18. The molecule has 106 valence electrons. The van der Waals surface area contributed by atoms with Crippen molar-refractivity contribution in [3.8, 4) is 5.75 Å². The highest BCUT2D eigenvalue weighted by molar-refractivity contribution is 7.90. The van der Waals surface area contributed by atoms with Crippen molar-refractivity contribution in [2.45, 2.75) is 17.9 Å². The molecule has 7 heteroatoms. The summed E-state index contributed by atoms with van der Waals surface area (Å²) >= 11 is 0. The third kappa shape index (κ3) is 4.88. The van der Waals surface area contributed by atoms with Crippen LogP contribution in [0.15, 0.2) is 29.2 Å². The van der Waals surface area contributed by atoms with Crippen LogP contribution in [0.5, 0.6) is 5.75 Å². The van der Waals surface area contributed by atoms with E-state index in [1.807, 2.05) is 0 Å². The summed E-state index contributed by atoms with van der Waals surface area (Å²) in [5.74, 6) is -0.838. The van der Waals surface area contributed by atoms with Crippen LogP contribution >= 0.6 is 0 Å². The summed E-state index contributed by atoms with van der Waals surface area (Å²) in [5.41, 5.74) is 0. The van der Waals surface area contributed by atoms with Crippen LogP contribution < -0.4 is 4.74 Å². The average molecular weight is 288 g/mol. The molecule has 6 nitrogen and oxygen atoms in total. The largest absolute Gasteiger partial charge is 0.490 e. The molecule has 0 saturated carbocycles. The van der Waals surface area contributed by atoms with E-state index in [-0.39, 0.29) is 23.9 Å². The maximum Gasteiger partial charge on any atom is 0.336 e. The molecule has 0 aliphatic rings. The summed E-state index contributed by atoms with van der Waals surface area (Å²) in [6, 6.07) is 5.88. The fourth-order valence-electron chi connectivity index (χ4n) is 1.36. The minimum atomic E-state index is -3.32. The van der Waals surface area contributed by atoms with Gasteiger partial charge in [-0.05, 0) is 25.1 Å². The minimum absolute atomic E-state index is 0.119. The van der Waals surface area contributed by atoms with Gasteiger partial charge in [0, 0.05) is 12.9 Å². The zero-order valence-electron chi connectivity index (χ0n) is 10.7. The number of benzene rings is 1. The number of sulfone groups is 1. The maximum absolute atomic E-state index is 11.4. The normalized spacial score (nSPS) is 12.9. The van der Waals surface area contributed by atoms with E-state index in [9.17, 15) is 13.2 Å². The van der Waals surface area contributed by atoms with Crippen molar-refractivity contribution in [2.24, 2.45) is 0 Å². The van der Waals surface area contributed by atoms with Crippen molar-refractivity contribution in [2.75, 3.05) is 19.5 Å². The third-order valence-corrected chi connectivity index (χ3v) is 3.39. The Morgan fingerprint density at radius 2 is 2.11 bits per heavy atom. The molecule has 0 fully saturated rings. The second-order valence-electron chi connectivity index (χ2n) is 3.84. The Balaban J connectivity index is 2.75. The molecule has 0 radical (unpaired) electrons. The van der Waals surface area contributed by atoms with E-state index in [0.717, 1.165) is 6.26 Å². The average Bonchev–Trinajstić information content (AvgIpc) is 2.33. The van der Waals surface area contributed by atoms with Crippen LogP contribution in [0.3, 0.4) is 0 Å². The van der Waals surface area contributed by atoms with Gasteiger partial charge in [0.05, 0.1) is 4.90 Å². The number of aliphatic carboxylic acids is 1. The second-order valence-corrected chi connectivity index (χ2v) is 5.86. The Hall–Kier alpha value is -1.60. The highest BCUT2D eigenvalue weighted by atomic mass is 32.2. The van der Waals surface area contributed by atoms with E-state index >= 15 is 0 Å². The standard InChI is InChI=1S/C12H16O6S/c1-3-17-11(12(13)14)8-18-9-5-4-6-10(7-9)19(2,15)16/h4-7,11H,3,8H2,1-2H3,(H,13,14). The Morgan fingerprint density at radius 1 is 1.42 bits per heavy atom. The van der Waals surface area contributed by atoms with E-state index < -0.39 is 21.9 Å². The summed E-state index contributed by atoms with van der Waals surface area (Å²) in [6.45, 7) is 1.75. The van der Waals surface area contributed by atoms with Crippen LogP contribution in [0.4, 0.5) is 0 Å². The van der Waals surface area contributed by atoms with Crippen LogP contribution in [-0.4, -0.2) is 45.1 Å². The lowest BCUT2D eigenvalue weighted by molar-refractivity contribution is -0.152. The zero-order chi connectivity index (χ0) is 14.5. The number of ether oxygens (including phenoxy) is 2. The van der Waals surface area contributed by atoms with Crippen LogP contribution in [0.25, 0.3) is 0 Å². The molecule has 1 aromatic carbocycles. The third-order valence-electron chi connectivity index (χ3n) is 2.28. The number of carboxylic acids is 1. The number of hydrogen-bond donors (Lipinski definition) is 1. The molecular weight excluding hydrogens is 272 g/mol. The van der Waals surface area contributed by atoms with E-state index in [4.69, 9.17) is 14.6 Å². The van der Waals surface area contributed by atoms with Gasteiger partial charge in [-0.3, -0.25) is 0 Å². The van der Waals surface area contributed by atoms with Gasteiger partial charge in [0.2, 0.25) is 0 Å². The van der Waals surface area contributed by atoms with Gasteiger partial charge in [0.25, 0.3) is 0 Å². The lowest BCUT2D eigenvalue weighted by Gasteiger charge is -2.13. The SMILES string of the molecule is CCOC(COc1cccc(S(C)(=O)=O)c1)C(=O)O. The van der Waals surface area contributed by atoms with Crippen molar-refractivity contribution >= 4 is 15.8 Å². The Labute approximate surface area is 111 Å². The summed E-state index contributed by atoms with van der Waals surface area (Å²) in [5, 5.41) is 8.87. The van der Waals surface area contributed by atoms with Crippen LogP contribution in [-0.2, 0) is 19.4 Å².